The van der Waals surface area contributed by atoms with Gasteiger partial charge in [-0.3, -0.25) is 9.59 Å². The molecule has 1 aromatic rings. The van der Waals surface area contributed by atoms with Crippen LogP contribution in [0.4, 0.5) is 10.5 Å². The minimum atomic E-state index is -0.250. The number of hydrogen-bond donors (Lipinski definition) is 3. The Morgan fingerprint density at radius 2 is 1.62 bits per heavy atom. The smallest absolute Gasteiger partial charge is 0.320 e. The lowest BCUT2D eigenvalue weighted by molar-refractivity contribution is -0.149. The number of anilines is 1. The Bertz CT molecular complexity index is 712. The molecule has 0 aromatic heterocycles. The van der Waals surface area contributed by atoms with Crippen LogP contribution in [-0.2, 0) is 20.7 Å². The first-order valence-corrected chi connectivity index (χ1v) is 11.4. The number of amides is 2. The second-order valence-electron chi connectivity index (χ2n) is 8.04. The van der Waals surface area contributed by atoms with Crippen molar-refractivity contribution < 1.29 is 24.2 Å². The molecule has 2 fully saturated rings. The van der Waals surface area contributed by atoms with Crippen molar-refractivity contribution in [2.45, 2.75) is 45.1 Å². The molecule has 0 aliphatic carbocycles. The maximum absolute atomic E-state index is 12.8. The lowest BCUT2D eigenvalue weighted by Crippen LogP contribution is -2.51. The molecule has 0 radical (unpaired) electrons. The van der Waals surface area contributed by atoms with Crippen molar-refractivity contribution in [3.63, 3.8) is 0 Å². The van der Waals surface area contributed by atoms with Gasteiger partial charge in [-0.2, -0.15) is 0 Å². The van der Waals surface area contributed by atoms with E-state index >= 15 is 0 Å². The molecule has 2 saturated heterocycles. The summed E-state index contributed by atoms with van der Waals surface area (Å²) in [6.07, 6.45) is 4.18. The monoisotopic (exact) mass is 448 g/mol. The number of hydrogen-bond acceptors (Lipinski definition) is 6. The highest BCUT2D eigenvalue weighted by Crippen LogP contribution is 2.22. The summed E-state index contributed by atoms with van der Waals surface area (Å²) in [5.41, 5.74) is 7.98. The van der Waals surface area contributed by atoms with Crippen LogP contribution in [0.5, 0.6) is 0 Å². The van der Waals surface area contributed by atoms with Gasteiger partial charge in [0.1, 0.15) is 0 Å². The van der Waals surface area contributed by atoms with E-state index in [1.54, 1.807) is 0 Å². The lowest BCUT2D eigenvalue weighted by atomic mass is 9.97. The maximum atomic E-state index is 12.8. The molecule has 2 aliphatic rings. The van der Waals surface area contributed by atoms with E-state index in [0.717, 1.165) is 38.0 Å². The summed E-state index contributed by atoms with van der Waals surface area (Å²) in [7, 11) is 0. The van der Waals surface area contributed by atoms with Crippen LogP contribution >= 0.6 is 0 Å². The number of rotatable bonds is 6. The molecule has 0 saturated carbocycles. The van der Waals surface area contributed by atoms with E-state index in [1.165, 1.54) is 5.56 Å². The van der Waals surface area contributed by atoms with Gasteiger partial charge >= 0.3 is 12.0 Å². The van der Waals surface area contributed by atoms with Crippen molar-refractivity contribution in [1.29, 1.82) is 0 Å². The summed E-state index contributed by atoms with van der Waals surface area (Å²) in [5.74, 6) is -0.187. The minimum absolute atomic E-state index is 0.0647. The number of esters is 1. The Balaban J connectivity index is 0.00000114. The molecule has 2 aliphatic heterocycles. The van der Waals surface area contributed by atoms with Crippen molar-refractivity contribution in [1.82, 2.24) is 9.80 Å². The van der Waals surface area contributed by atoms with E-state index in [1.807, 2.05) is 16.7 Å². The van der Waals surface area contributed by atoms with Gasteiger partial charge in [0.05, 0.1) is 12.5 Å². The van der Waals surface area contributed by atoms with Crippen LogP contribution in [0.2, 0.25) is 0 Å². The van der Waals surface area contributed by atoms with Crippen molar-refractivity contribution in [3.8, 4) is 0 Å². The van der Waals surface area contributed by atoms with Crippen LogP contribution in [-0.4, -0.2) is 78.8 Å². The number of benzene rings is 1. The lowest BCUT2D eigenvalue weighted by Gasteiger charge is -2.38. The summed E-state index contributed by atoms with van der Waals surface area (Å²) in [6.45, 7) is 5.45. The fourth-order valence-corrected chi connectivity index (χ4v) is 4.15. The molecular weight excluding hydrogens is 412 g/mol. The Morgan fingerprint density at radius 3 is 2.12 bits per heavy atom. The minimum Gasteiger partial charge on any atom is -0.483 e. The second kappa shape index (κ2) is 13.6. The third-order valence-electron chi connectivity index (χ3n) is 5.91. The molecule has 2 amide bonds. The molecule has 0 unspecified atom stereocenters. The average molecular weight is 449 g/mol. The van der Waals surface area contributed by atoms with E-state index in [-0.39, 0.29) is 24.4 Å². The fourth-order valence-electron chi connectivity index (χ4n) is 4.15. The number of carbonyl (C=O) groups excluding carboxylic acids is 2. The third-order valence-corrected chi connectivity index (χ3v) is 5.91. The van der Waals surface area contributed by atoms with Crippen LogP contribution in [0, 0.1) is 5.92 Å². The van der Waals surface area contributed by atoms with Gasteiger partial charge in [0.2, 0.25) is 0 Å². The first kappa shape index (κ1) is 25.5. The zero-order valence-corrected chi connectivity index (χ0v) is 18.9. The molecule has 1 aromatic carbocycles. The highest BCUT2D eigenvalue weighted by Gasteiger charge is 2.31. The molecule has 2 heterocycles. The van der Waals surface area contributed by atoms with Gasteiger partial charge in [-0.1, -0.05) is 12.1 Å². The number of likely N-dealkylation sites (tertiary alicyclic amines) is 2. The quantitative estimate of drug-likeness (QED) is 0.450. The highest BCUT2D eigenvalue weighted by molar-refractivity contribution is 5.76. The van der Waals surface area contributed by atoms with E-state index in [0.29, 0.717) is 45.1 Å². The molecule has 0 bridgehead atoms. The Kier molecular flexibility index (Phi) is 10.8. The number of nitrogens with one attached hydrogen (secondary N) is 1. The zero-order chi connectivity index (χ0) is 23.3. The van der Waals surface area contributed by atoms with Crippen molar-refractivity contribution in [2.75, 3.05) is 44.6 Å². The zero-order valence-electron chi connectivity index (χ0n) is 18.9. The van der Waals surface area contributed by atoms with Crippen molar-refractivity contribution >= 4 is 24.2 Å². The predicted molar refractivity (Wildman–Crippen MR) is 122 cm³/mol. The van der Waals surface area contributed by atoms with E-state index in [2.05, 4.69) is 29.6 Å². The largest absolute Gasteiger partial charge is 0.483 e. The number of carbonyl (C=O) groups is 3. The summed E-state index contributed by atoms with van der Waals surface area (Å²) in [4.78, 5) is 36.9. The fraction of sp³-hybridized carbons (Fsp3) is 0.609. The molecule has 178 valence electrons. The highest BCUT2D eigenvalue weighted by atomic mass is 16.5. The van der Waals surface area contributed by atoms with Gasteiger partial charge in [0.25, 0.3) is 6.47 Å². The molecule has 0 spiro atoms. The summed E-state index contributed by atoms with van der Waals surface area (Å²) in [5, 5.41) is 10.5. The first-order valence-electron chi connectivity index (χ1n) is 11.4. The van der Waals surface area contributed by atoms with E-state index in [4.69, 9.17) is 20.4 Å². The Morgan fingerprint density at radius 1 is 1.09 bits per heavy atom. The van der Waals surface area contributed by atoms with Gasteiger partial charge in [0, 0.05) is 37.9 Å². The number of nitrogens with two attached hydrogens (primary N) is 1. The Labute approximate surface area is 189 Å². The van der Waals surface area contributed by atoms with Gasteiger partial charge in [-0.05, 0) is 63.3 Å². The number of ether oxygens (including phenoxy) is 1. The van der Waals surface area contributed by atoms with E-state index < -0.39 is 0 Å². The summed E-state index contributed by atoms with van der Waals surface area (Å²) in [6, 6.07) is 8.94. The second-order valence-corrected chi connectivity index (χ2v) is 8.04. The van der Waals surface area contributed by atoms with Crippen LogP contribution in [0.15, 0.2) is 24.3 Å². The van der Waals surface area contributed by atoms with Crippen LogP contribution in [0.1, 0.15) is 38.2 Å². The molecule has 9 nitrogen and oxygen atoms in total. The Hall–Kier alpha value is -2.81. The summed E-state index contributed by atoms with van der Waals surface area (Å²) < 4.78 is 5.11. The number of carboxylic acid groups (broad SMARTS) is 1. The standard InChI is InChI=1S/C22H34N4O3.CH2O2/c1-2-29-21(27)18-8-13-25(14-9-18)22(28)26-15-10-20(11-16-26)24-19-5-3-17(4-6-19)7-12-23;2-1-3/h3-6,18,20,24H,2,7-16,23H2,1H3;1H,(H,2,3). The van der Waals surface area contributed by atoms with Gasteiger partial charge < -0.3 is 30.7 Å². The van der Waals surface area contributed by atoms with Crippen molar-refractivity contribution in [3.05, 3.63) is 29.8 Å². The number of piperidine rings is 2. The molecule has 0 atom stereocenters. The van der Waals surface area contributed by atoms with Gasteiger partial charge in [-0.25, -0.2) is 4.79 Å². The van der Waals surface area contributed by atoms with E-state index in [9.17, 15) is 9.59 Å². The van der Waals surface area contributed by atoms with Crippen LogP contribution in [0.25, 0.3) is 0 Å². The topological polar surface area (TPSA) is 125 Å². The third kappa shape index (κ3) is 7.71. The molecule has 9 heteroatoms. The number of nitrogens with zero attached hydrogens (tertiary/aromatic N) is 2. The SMILES string of the molecule is CCOC(=O)C1CCN(C(=O)N2CCC(Nc3ccc(CCN)cc3)CC2)CC1.O=CO. The molecule has 32 heavy (non-hydrogen) atoms. The van der Waals surface area contributed by atoms with Crippen LogP contribution < -0.4 is 11.1 Å². The normalized spacial score (nSPS) is 17.2. The molecule has 4 N–H and O–H groups in total. The summed E-state index contributed by atoms with van der Waals surface area (Å²) >= 11 is 0. The predicted octanol–water partition coefficient (Wildman–Crippen LogP) is 2.16. The first-order chi connectivity index (χ1) is 15.5. The van der Waals surface area contributed by atoms with Gasteiger partial charge in [-0.15, -0.1) is 0 Å². The number of urea groups is 1. The van der Waals surface area contributed by atoms with Crippen molar-refractivity contribution in [2.24, 2.45) is 11.7 Å². The van der Waals surface area contributed by atoms with Gasteiger partial charge in [0.15, 0.2) is 0 Å². The van der Waals surface area contributed by atoms with Crippen LogP contribution in [0.3, 0.4) is 0 Å². The maximum Gasteiger partial charge on any atom is 0.320 e. The molecule has 3 rings (SSSR count). The average Bonchev–Trinajstić information content (AvgIpc) is 2.81. The molecular formula is C23H36N4O5.